The van der Waals surface area contributed by atoms with Gasteiger partial charge in [0.05, 0.1) is 44.6 Å². The number of ether oxygens (including phenoxy) is 4. The van der Waals surface area contributed by atoms with Gasteiger partial charge in [-0.25, -0.2) is 4.39 Å². The molecule has 1 amide bonds. The quantitative estimate of drug-likeness (QED) is 0.349. The molecule has 0 aliphatic carbocycles. The van der Waals surface area contributed by atoms with Crippen LogP contribution in [0.1, 0.15) is 24.1 Å². The number of Topliss-reactive ketones (excluding diaryl/α,β-unsaturated/α-hetero) is 1. The van der Waals surface area contributed by atoms with E-state index in [1.165, 1.54) is 38.4 Å². The van der Waals surface area contributed by atoms with Crippen LogP contribution in [0.15, 0.2) is 42.0 Å². The van der Waals surface area contributed by atoms with Crippen molar-refractivity contribution in [3.05, 3.63) is 58.9 Å². The van der Waals surface area contributed by atoms with Crippen LogP contribution < -0.4 is 14.2 Å². The lowest BCUT2D eigenvalue weighted by Crippen LogP contribution is -2.32. The highest BCUT2D eigenvalue weighted by molar-refractivity contribution is 6.46. The SMILES string of the molecule is CCOc1ccc(C2/C(=C(\O)c3cc(F)ccc3OC)C(=O)C(=O)N2CCOC)cc1OC. The minimum atomic E-state index is -0.960. The van der Waals surface area contributed by atoms with Crippen LogP contribution in [0.25, 0.3) is 5.76 Å². The van der Waals surface area contributed by atoms with Crippen LogP contribution in [0.3, 0.4) is 0 Å². The van der Waals surface area contributed by atoms with E-state index in [1.807, 2.05) is 6.92 Å². The fourth-order valence-electron chi connectivity index (χ4n) is 3.79. The molecular formula is C24H26FNO7. The highest BCUT2D eigenvalue weighted by Crippen LogP contribution is 2.43. The normalized spacial score (nSPS) is 17.4. The lowest BCUT2D eigenvalue weighted by molar-refractivity contribution is -0.140. The minimum absolute atomic E-state index is 0.0369. The first kappa shape index (κ1) is 24.1. The molecule has 0 saturated carbocycles. The molecule has 3 rings (SSSR count). The first-order chi connectivity index (χ1) is 15.9. The molecule has 2 aromatic carbocycles. The fourth-order valence-corrected chi connectivity index (χ4v) is 3.79. The van der Waals surface area contributed by atoms with Crippen molar-refractivity contribution in [1.29, 1.82) is 0 Å². The Kier molecular flexibility index (Phi) is 7.55. The Morgan fingerprint density at radius 2 is 1.73 bits per heavy atom. The van der Waals surface area contributed by atoms with E-state index in [1.54, 1.807) is 18.2 Å². The summed E-state index contributed by atoms with van der Waals surface area (Å²) in [5.74, 6) is -1.83. The van der Waals surface area contributed by atoms with Gasteiger partial charge < -0.3 is 29.0 Å². The number of carbonyl (C=O) groups excluding carboxylic acids is 2. The summed E-state index contributed by atoms with van der Waals surface area (Å²) in [7, 11) is 4.31. The molecule has 1 aliphatic rings. The van der Waals surface area contributed by atoms with Gasteiger partial charge >= 0.3 is 0 Å². The maximum atomic E-state index is 14.0. The van der Waals surface area contributed by atoms with Crippen molar-refractivity contribution in [2.45, 2.75) is 13.0 Å². The van der Waals surface area contributed by atoms with E-state index in [4.69, 9.17) is 18.9 Å². The lowest BCUT2D eigenvalue weighted by atomic mass is 9.94. The Morgan fingerprint density at radius 3 is 2.36 bits per heavy atom. The zero-order chi connectivity index (χ0) is 24.1. The number of hydrogen-bond acceptors (Lipinski definition) is 7. The summed E-state index contributed by atoms with van der Waals surface area (Å²) in [6.45, 7) is 2.51. The molecule has 1 N–H and O–H groups in total. The van der Waals surface area contributed by atoms with Gasteiger partial charge in [0, 0.05) is 13.7 Å². The predicted octanol–water partition coefficient (Wildman–Crippen LogP) is 3.31. The summed E-state index contributed by atoms with van der Waals surface area (Å²) >= 11 is 0. The fraction of sp³-hybridized carbons (Fsp3) is 0.333. The van der Waals surface area contributed by atoms with E-state index < -0.39 is 29.3 Å². The molecule has 1 fully saturated rings. The van der Waals surface area contributed by atoms with Crippen LogP contribution in [-0.2, 0) is 14.3 Å². The van der Waals surface area contributed by atoms with Gasteiger partial charge in [0.1, 0.15) is 17.3 Å². The number of ketones is 1. The number of amides is 1. The maximum absolute atomic E-state index is 14.0. The lowest BCUT2D eigenvalue weighted by Gasteiger charge is -2.26. The van der Waals surface area contributed by atoms with Crippen LogP contribution in [0.4, 0.5) is 4.39 Å². The molecule has 1 unspecified atom stereocenters. The molecule has 2 aromatic rings. The van der Waals surface area contributed by atoms with Crippen molar-refractivity contribution >= 4 is 17.4 Å². The second-order valence-corrected chi connectivity index (χ2v) is 7.17. The van der Waals surface area contributed by atoms with E-state index in [-0.39, 0.29) is 30.0 Å². The Morgan fingerprint density at radius 1 is 1.03 bits per heavy atom. The first-order valence-corrected chi connectivity index (χ1v) is 10.3. The number of rotatable bonds is 9. The van der Waals surface area contributed by atoms with Gasteiger partial charge in [-0.1, -0.05) is 6.07 Å². The monoisotopic (exact) mass is 459 g/mol. The van der Waals surface area contributed by atoms with Crippen molar-refractivity contribution in [1.82, 2.24) is 4.90 Å². The minimum Gasteiger partial charge on any atom is -0.507 e. The van der Waals surface area contributed by atoms with Gasteiger partial charge in [0.25, 0.3) is 11.7 Å². The number of nitrogens with zero attached hydrogens (tertiary/aromatic N) is 1. The van der Waals surface area contributed by atoms with Crippen LogP contribution in [0.2, 0.25) is 0 Å². The summed E-state index contributed by atoms with van der Waals surface area (Å²) in [6, 6.07) is 7.57. The van der Waals surface area contributed by atoms with E-state index in [0.717, 1.165) is 6.07 Å². The highest BCUT2D eigenvalue weighted by atomic mass is 19.1. The van der Waals surface area contributed by atoms with Gasteiger partial charge in [0.15, 0.2) is 11.5 Å². The predicted molar refractivity (Wildman–Crippen MR) is 118 cm³/mol. The standard InChI is InChI=1S/C24H26FNO7/c1-5-33-18-8-6-14(12-19(18)32-4)21-20(23(28)24(29)26(21)10-11-30-2)22(27)16-13-15(25)7-9-17(16)31-3/h6-9,12-13,21,27H,5,10-11H2,1-4H3/b22-20+. The van der Waals surface area contributed by atoms with Crippen LogP contribution in [0.5, 0.6) is 17.2 Å². The topological polar surface area (TPSA) is 94.5 Å². The first-order valence-electron chi connectivity index (χ1n) is 10.3. The summed E-state index contributed by atoms with van der Waals surface area (Å²) in [4.78, 5) is 27.2. The van der Waals surface area contributed by atoms with Crippen molar-refractivity contribution in [2.24, 2.45) is 0 Å². The van der Waals surface area contributed by atoms with Crippen LogP contribution >= 0.6 is 0 Å². The summed E-state index contributed by atoms with van der Waals surface area (Å²) in [6.07, 6.45) is 0. The molecule has 1 aliphatic heterocycles. The number of halogens is 1. The third-order valence-electron chi connectivity index (χ3n) is 5.30. The average Bonchev–Trinajstić information content (AvgIpc) is 3.07. The molecule has 33 heavy (non-hydrogen) atoms. The van der Waals surface area contributed by atoms with E-state index in [9.17, 15) is 19.1 Å². The number of hydrogen-bond donors (Lipinski definition) is 1. The number of likely N-dealkylation sites (tertiary alicyclic amines) is 1. The summed E-state index contributed by atoms with van der Waals surface area (Å²) < 4.78 is 35.3. The molecular weight excluding hydrogens is 433 g/mol. The molecule has 0 aromatic heterocycles. The molecule has 9 heteroatoms. The molecule has 8 nitrogen and oxygen atoms in total. The molecule has 0 radical (unpaired) electrons. The Hall–Kier alpha value is -3.59. The Balaban J connectivity index is 2.23. The van der Waals surface area contributed by atoms with Crippen molar-refractivity contribution < 1.29 is 38.0 Å². The van der Waals surface area contributed by atoms with E-state index in [0.29, 0.717) is 23.7 Å². The van der Waals surface area contributed by atoms with Crippen LogP contribution in [-0.4, -0.2) is 62.8 Å². The number of aliphatic hydroxyl groups is 1. The number of aliphatic hydroxyl groups excluding tert-OH is 1. The molecule has 176 valence electrons. The molecule has 1 heterocycles. The smallest absolute Gasteiger partial charge is 0.295 e. The van der Waals surface area contributed by atoms with Crippen molar-refractivity contribution in [3.8, 4) is 17.2 Å². The largest absolute Gasteiger partial charge is 0.507 e. The highest BCUT2D eigenvalue weighted by Gasteiger charge is 2.46. The summed E-state index contributed by atoms with van der Waals surface area (Å²) in [5.41, 5.74) is 0.277. The Labute approximate surface area is 191 Å². The molecule has 1 saturated heterocycles. The average molecular weight is 459 g/mol. The van der Waals surface area contributed by atoms with Gasteiger partial charge in [-0.3, -0.25) is 9.59 Å². The van der Waals surface area contributed by atoms with Gasteiger partial charge in [-0.05, 0) is 42.8 Å². The molecule has 0 bridgehead atoms. The number of methoxy groups -OCH3 is 3. The molecule has 0 spiro atoms. The maximum Gasteiger partial charge on any atom is 0.295 e. The second kappa shape index (κ2) is 10.4. The zero-order valence-corrected chi connectivity index (χ0v) is 18.9. The van der Waals surface area contributed by atoms with Gasteiger partial charge in [-0.2, -0.15) is 0 Å². The van der Waals surface area contributed by atoms with Crippen molar-refractivity contribution in [3.63, 3.8) is 0 Å². The van der Waals surface area contributed by atoms with Gasteiger partial charge in [-0.15, -0.1) is 0 Å². The van der Waals surface area contributed by atoms with Crippen molar-refractivity contribution in [2.75, 3.05) is 41.1 Å². The third kappa shape index (κ3) is 4.63. The van der Waals surface area contributed by atoms with Gasteiger partial charge in [0.2, 0.25) is 0 Å². The second-order valence-electron chi connectivity index (χ2n) is 7.17. The number of carbonyl (C=O) groups is 2. The van der Waals surface area contributed by atoms with E-state index in [2.05, 4.69) is 0 Å². The molecule has 1 atom stereocenters. The number of benzene rings is 2. The Bertz CT molecular complexity index is 1080. The van der Waals surface area contributed by atoms with E-state index >= 15 is 0 Å². The summed E-state index contributed by atoms with van der Waals surface area (Å²) in [5, 5.41) is 11.1. The zero-order valence-electron chi connectivity index (χ0n) is 18.9. The third-order valence-corrected chi connectivity index (χ3v) is 5.30. The van der Waals surface area contributed by atoms with Crippen LogP contribution in [0, 0.1) is 5.82 Å².